The highest BCUT2D eigenvalue weighted by Gasteiger charge is 2.15. The Morgan fingerprint density at radius 3 is 2.87 bits per heavy atom. The van der Waals surface area contributed by atoms with E-state index in [-0.39, 0.29) is 12.1 Å². The number of carbonyl (C=O) groups excluding carboxylic acids is 1. The maximum Gasteiger partial charge on any atom is 0.240 e. The second-order valence-electron chi connectivity index (χ2n) is 3.18. The van der Waals surface area contributed by atoms with Crippen LogP contribution in [0.3, 0.4) is 0 Å². The van der Waals surface area contributed by atoms with Gasteiger partial charge in [0.15, 0.2) is 5.78 Å². The van der Waals surface area contributed by atoms with Gasteiger partial charge in [-0.05, 0) is 12.1 Å². The molecule has 1 aromatic rings. The SMILES string of the molecule is O=C(CCC1OC=CO1)c1cccnc1. The van der Waals surface area contributed by atoms with Gasteiger partial charge < -0.3 is 9.47 Å². The molecule has 2 heterocycles. The lowest BCUT2D eigenvalue weighted by molar-refractivity contribution is -0.0280. The van der Waals surface area contributed by atoms with Crippen molar-refractivity contribution in [3.8, 4) is 0 Å². The fraction of sp³-hybridized carbons (Fsp3) is 0.273. The van der Waals surface area contributed by atoms with Crippen LogP contribution < -0.4 is 0 Å². The minimum absolute atomic E-state index is 0.0576. The molecule has 0 saturated carbocycles. The van der Waals surface area contributed by atoms with Gasteiger partial charge in [0.2, 0.25) is 6.29 Å². The first-order chi connectivity index (χ1) is 7.36. The summed E-state index contributed by atoms with van der Waals surface area (Å²) in [6.45, 7) is 0. The smallest absolute Gasteiger partial charge is 0.240 e. The third-order valence-corrected chi connectivity index (χ3v) is 2.11. The van der Waals surface area contributed by atoms with Gasteiger partial charge in [0, 0.05) is 30.8 Å². The van der Waals surface area contributed by atoms with Crippen LogP contribution >= 0.6 is 0 Å². The van der Waals surface area contributed by atoms with Crippen LogP contribution in [0, 0.1) is 0 Å². The van der Waals surface area contributed by atoms with E-state index in [1.165, 1.54) is 12.5 Å². The Bertz CT molecular complexity index is 353. The average Bonchev–Trinajstić information content (AvgIpc) is 2.80. The zero-order valence-corrected chi connectivity index (χ0v) is 8.13. The molecule has 0 radical (unpaired) electrons. The number of rotatable bonds is 4. The first kappa shape index (κ1) is 9.71. The maximum absolute atomic E-state index is 11.6. The molecule has 4 heteroatoms. The molecular formula is C11H11NO3. The van der Waals surface area contributed by atoms with Crippen LogP contribution in [0.15, 0.2) is 37.1 Å². The third-order valence-electron chi connectivity index (χ3n) is 2.11. The summed E-state index contributed by atoms with van der Waals surface area (Å²) in [4.78, 5) is 15.5. The number of hydrogen-bond acceptors (Lipinski definition) is 4. The van der Waals surface area contributed by atoms with E-state index in [0.29, 0.717) is 18.4 Å². The van der Waals surface area contributed by atoms with Gasteiger partial charge >= 0.3 is 0 Å². The minimum Gasteiger partial charge on any atom is -0.459 e. The van der Waals surface area contributed by atoms with Crippen molar-refractivity contribution in [1.82, 2.24) is 4.98 Å². The van der Waals surface area contributed by atoms with Gasteiger partial charge in [-0.25, -0.2) is 0 Å². The molecule has 78 valence electrons. The molecule has 0 aliphatic carbocycles. The van der Waals surface area contributed by atoms with Crippen LogP contribution in [0.5, 0.6) is 0 Å². The lowest BCUT2D eigenvalue weighted by Gasteiger charge is -2.08. The second kappa shape index (κ2) is 4.59. The molecule has 0 bridgehead atoms. The van der Waals surface area contributed by atoms with Crippen molar-refractivity contribution in [3.05, 3.63) is 42.6 Å². The first-order valence-corrected chi connectivity index (χ1v) is 4.75. The van der Waals surface area contributed by atoms with E-state index >= 15 is 0 Å². The maximum atomic E-state index is 11.6. The molecule has 0 saturated heterocycles. The number of aromatic nitrogens is 1. The normalized spacial score (nSPS) is 14.7. The summed E-state index contributed by atoms with van der Waals surface area (Å²) in [5.41, 5.74) is 0.628. The number of carbonyl (C=O) groups is 1. The quantitative estimate of drug-likeness (QED) is 0.704. The fourth-order valence-electron chi connectivity index (χ4n) is 1.33. The molecule has 0 atom stereocenters. The van der Waals surface area contributed by atoms with Gasteiger partial charge in [-0.3, -0.25) is 9.78 Å². The third kappa shape index (κ3) is 2.56. The summed E-state index contributed by atoms with van der Waals surface area (Å²) in [5, 5.41) is 0. The first-order valence-electron chi connectivity index (χ1n) is 4.75. The van der Waals surface area contributed by atoms with E-state index in [0.717, 1.165) is 0 Å². The lowest BCUT2D eigenvalue weighted by atomic mass is 10.1. The van der Waals surface area contributed by atoms with Gasteiger partial charge in [0.1, 0.15) is 12.5 Å². The summed E-state index contributed by atoms with van der Waals surface area (Å²) < 4.78 is 10.1. The highest BCUT2D eigenvalue weighted by atomic mass is 16.7. The molecule has 4 nitrogen and oxygen atoms in total. The summed E-state index contributed by atoms with van der Waals surface area (Å²) >= 11 is 0. The van der Waals surface area contributed by atoms with E-state index < -0.39 is 0 Å². The van der Waals surface area contributed by atoms with Crippen molar-refractivity contribution in [2.24, 2.45) is 0 Å². The van der Waals surface area contributed by atoms with Crippen molar-refractivity contribution < 1.29 is 14.3 Å². The zero-order valence-electron chi connectivity index (χ0n) is 8.13. The predicted octanol–water partition coefficient (Wildman–Crippen LogP) is 1.89. The molecule has 1 aliphatic heterocycles. The fourth-order valence-corrected chi connectivity index (χ4v) is 1.33. The van der Waals surface area contributed by atoms with Crippen LogP contribution in [0.2, 0.25) is 0 Å². The molecule has 1 aliphatic rings. The molecular weight excluding hydrogens is 194 g/mol. The van der Waals surface area contributed by atoms with E-state index in [1.54, 1.807) is 24.5 Å². The number of hydrogen-bond donors (Lipinski definition) is 0. The molecule has 0 unspecified atom stereocenters. The summed E-state index contributed by atoms with van der Waals surface area (Å²) in [5.74, 6) is 0.0576. The van der Waals surface area contributed by atoms with E-state index in [9.17, 15) is 4.79 Å². The Morgan fingerprint density at radius 2 is 2.20 bits per heavy atom. The molecule has 15 heavy (non-hydrogen) atoms. The van der Waals surface area contributed by atoms with Crippen molar-refractivity contribution in [3.63, 3.8) is 0 Å². The van der Waals surface area contributed by atoms with Gasteiger partial charge in [-0.15, -0.1) is 0 Å². The summed E-state index contributed by atoms with van der Waals surface area (Å²) in [6, 6.07) is 3.50. The molecule has 0 N–H and O–H groups in total. The van der Waals surface area contributed by atoms with Gasteiger partial charge in [0.05, 0.1) is 0 Å². The highest BCUT2D eigenvalue weighted by Crippen LogP contribution is 2.13. The standard InChI is InChI=1S/C11H11NO3/c13-10(9-2-1-5-12-8-9)3-4-11-14-6-7-15-11/h1-2,5-8,11H,3-4H2. The van der Waals surface area contributed by atoms with Crippen LogP contribution in [0.4, 0.5) is 0 Å². The van der Waals surface area contributed by atoms with Gasteiger partial charge in [0.25, 0.3) is 0 Å². The zero-order chi connectivity index (χ0) is 10.5. The molecule has 0 fully saturated rings. The number of ether oxygens (including phenoxy) is 2. The Morgan fingerprint density at radius 1 is 1.40 bits per heavy atom. The number of nitrogens with zero attached hydrogens (tertiary/aromatic N) is 1. The van der Waals surface area contributed by atoms with E-state index in [4.69, 9.17) is 9.47 Å². The van der Waals surface area contributed by atoms with Crippen molar-refractivity contribution in [2.45, 2.75) is 19.1 Å². The highest BCUT2D eigenvalue weighted by molar-refractivity contribution is 5.95. The Labute approximate surface area is 87.5 Å². The summed E-state index contributed by atoms with van der Waals surface area (Å²) in [6.07, 6.45) is 6.82. The topological polar surface area (TPSA) is 48.4 Å². The van der Waals surface area contributed by atoms with Crippen molar-refractivity contribution in [2.75, 3.05) is 0 Å². The molecule has 0 aromatic carbocycles. The molecule has 0 amide bonds. The Balaban J connectivity index is 1.82. The van der Waals surface area contributed by atoms with Crippen molar-refractivity contribution >= 4 is 5.78 Å². The molecule has 0 spiro atoms. The Hall–Kier alpha value is -1.84. The number of Topliss-reactive ketones (excluding diaryl/α,β-unsaturated/α-hetero) is 1. The minimum atomic E-state index is -0.314. The monoisotopic (exact) mass is 205 g/mol. The molecule has 2 rings (SSSR count). The number of ketones is 1. The largest absolute Gasteiger partial charge is 0.459 e. The average molecular weight is 205 g/mol. The molecule has 1 aromatic heterocycles. The number of pyridine rings is 1. The second-order valence-corrected chi connectivity index (χ2v) is 3.18. The van der Waals surface area contributed by atoms with Gasteiger partial charge in [-0.1, -0.05) is 0 Å². The van der Waals surface area contributed by atoms with Gasteiger partial charge in [-0.2, -0.15) is 0 Å². The van der Waals surface area contributed by atoms with E-state index in [1.807, 2.05) is 0 Å². The van der Waals surface area contributed by atoms with Crippen LogP contribution in [0.1, 0.15) is 23.2 Å². The summed E-state index contributed by atoms with van der Waals surface area (Å²) in [7, 11) is 0. The van der Waals surface area contributed by atoms with Crippen LogP contribution in [0.25, 0.3) is 0 Å². The lowest BCUT2D eigenvalue weighted by Crippen LogP contribution is -2.10. The predicted molar refractivity (Wildman–Crippen MR) is 52.9 cm³/mol. The van der Waals surface area contributed by atoms with E-state index in [2.05, 4.69) is 4.98 Å². The van der Waals surface area contributed by atoms with Crippen LogP contribution in [-0.2, 0) is 9.47 Å². The Kier molecular flexibility index (Phi) is 2.97. The van der Waals surface area contributed by atoms with Crippen molar-refractivity contribution in [1.29, 1.82) is 0 Å². The van der Waals surface area contributed by atoms with Crippen LogP contribution in [-0.4, -0.2) is 17.1 Å².